The van der Waals surface area contributed by atoms with Gasteiger partial charge in [-0.3, -0.25) is 14.5 Å². The fourth-order valence-electron chi connectivity index (χ4n) is 3.27. The molecule has 2 saturated heterocycles. The number of halogens is 1. The molecule has 6 nitrogen and oxygen atoms in total. The first-order chi connectivity index (χ1) is 11.4. The molecule has 0 saturated carbocycles. The Morgan fingerprint density at radius 2 is 1.88 bits per heavy atom. The van der Waals surface area contributed by atoms with Crippen LogP contribution in [-0.2, 0) is 15.1 Å². The van der Waals surface area contributed by atoms with Gasteiger partial charge in [-0.15, -0.1) is 0 Å². The quantitative estimate of drug-likeness (QED) is 0.854. The first kappa shape index (κ1) is 16.4. The normalized spacial score (nSPS) is 24.2. The van der Waals surface area contributed by atoms with Crippen molar-refractivity contribution in [2.45, 2.75) is 31.7 Å². The van der Waals surface area contributed by atoms with Crippen LogP contribution in [0.15, 0.2) is 24.3 Å². The van der Waals surface area contributed by atoms with Crippen LogP contribution in [0, 0.1) is 5.82 Å². The highest BCUT2D eigenvalue weighted by Crippen LogP contribution is 2.30. The number of likely N-dealkylation sites (tertiary alicyclic amines) is 1. The van der Waals surface area contributed by atoms with E-state index in [4.69, 9.17) is 0 Å². The average molecular weight is 333 g/mol. The minimum Gasteiger partial charge on any atom is -0.341 e. The number of nitrogens with one attached hydrogen (secondary N) is 1. The molecule has 2 aliphatic heterocycles. The number of hydrogen-bond acceptors (Lipinski definition) is 3. The van der Waals surface area contributed by atoms with Crippen molar-refractivity contribution in [3.63, 3.8) is 0 Å². The van der Waals surface area contributed by atoms with Gasteiger partial charge in [0, 0.05) is 18.7 Å². The van der Waals surface area contributed by atoms with E-state index in [1.807, 2.05) is 0 Å². The van der Waals surface area contributed by atoms with Gasteiger partial charge in [-0.1, -0.05) is 18.2 Å². The van der Waals surface area contributed by atoms with Crippen molar-refractivity contribution in [3.8, 4) is 0 Å². The summed E-state index contributed by atoms with van der Waals surface area (Å²) >= 11 is 0. The van der Waals surface area contributed by atoms with Crippen molar-refractivity contribution >= 4 is 17.8 Å². The number of carbonyl (C=O) groups excluding carboxylic acids is 3. The average Bonchev–Trinajstić information content (AvgIpc) is 2.80. The van der Waals surface area contributed by atoms with Gasteiger partial charge in [0.05, 0.1) is 0 Å². The maximum Gasteiger partial charge on any atom is 0.325 e. The van der Waals surface area contributed by atoms with Gasteiger partial charge < -0.3 is 10.2 Å². The van der Waals surface area contributed by atoms with Crippen LogP contribution in [0.25, 0.3) is 0 Å². The van der Waals surface area contributed by atoms with Gasteiger partial charge in [-0.2, -0.15) is 0 Å². The Balaban J connectivity index is 1.79. The Labute approximate surface area is 139 Å². The third-order valence-electron chi connectivity index (χ3n) is 4.69. The Morgan fingerprint density at radius 1 is 1.21 bits per heavy atom. The molecule has 2 fully saturated rings. The zero-order valence-electron chi connectivity index (χ0n) is 13.5. The van der Waals surface area contributed by atoms with Crippen LogP contribution in [-0.4, -0.2) is 47.3 Å². The summed E-state index contributed by atoms with van der Waals surface area (Å²) in [6.07, 6.45) is 2.94. The Kier molecular flexibility index (Phi) is 4.26. The molecule has 0 aromatic heterocycles. The number of piperidine rings is 1. The Hall–Kier alpha value is -2.44. The van der Waals surface area contributed by atoms with E-state index < -0.39 is 23.3 Å². The number of amides is 4. The molecule has 7 heteroatoms. The second-order valence-corrected chi connectivity index (χ2v) is 6.37. The zero-order valence-corrected chi connectivity index (χ0v) is 13.5. The smallest absolute Gasteiger partial charge is 0.325 e. The summed E-state index contributed by atoms with van der Waals surface area (Å²) in [6.45, 7) is 2.44. The summed E-state index contributed by atoms with van der Waals surface area (Å²) < 4.78 is 14.1. The molecule has 1 N–H and O–H groups in total. The van der Waals surface area contributed by atoms with Crippen molar-refractivity contribution in [2.75, 3.05) is 19.6 Å². The SMILES string of the molecule is C[C@@]1(c2ccccc2F)NC(=O)N(CC(=O)N2CCCCC2)C1=O. The van der Waals surface area contributed by atoms with Crippen LogP contribution < -0.4 is 5.32 Å². The third-order valence-corrected chi connectivity index (χ3v) is 4.69. The highest BCUT2D eigenvalue weighted by atomic mass is 19.1. The molecule has 4 amide bonds. The molecule has 3 rings (SSSR count). The molecule has 24 heavy (non-hydrogen) atoms. The second kappa shape index (κ2) is 6.22. The summed E-state index contributed by atoms with van der Waals surface area (Å²) in [5.41, 5.74) is -1.40. The molecule has 1 aromatic rings. The minimum atomic E-state index is -1.50. The van der Waals surface area contributed by atoms with E-state index in [0.717, 1.165) is 24.2 Å². The molecule has 1 aromatic carbocycles. The van der Waals surface area contributed by atoms with Crippen molar-refractivity contribution in [1.29, 1.82) is 0 Å². The van der Waals surface area contributed by atoms with Crippen molar-refractivity contribution < 1.29 is 18.8 Å². The van der Waals surface area contributed by atoms with Gasteiger partial charge >= 0.3 is 6.03 Å². The van der Waals surface area contributed by atoms with Gasteiger partial charge in [0.1, 0.15) is 17.9 Å². The number of carbonyl (C=O) groups is 3. The minimum absolute atomic E-state index is 0.0938. The molecular formula is C17H20FN3O3. The van der Waals surface area contributed by atoms with Gasteiger partial charge in [-0.05, 0) is 32.3 Å². The molecule has 128 valence electrons. The molecule has 0 spiro atoms. The van der Waals surface area contributed by atoms with E-state index in [-0.39, 0.29) is 18.0 Å². The van der Waals surface area contributed by atoms with Crippen LogP contribution in [0.2, 0.25) is 0 Å². The molecule has 0 radical (unpaired) electrons. The highest BCUT2D eigenvalue weighted by Gasteiger charge is 2.50. The largest absolute Gasteiger partial charge is 0.341 e. The van der Waals surface area contributed by atoms with E-state index in [9.17, 15) is 18.8 Å². The maximum absolute atomic E-state index is 14.1. The lowest BCUT2D eigenvalue weighted by Gasteiger charge is -2.28. The summed E-state index contributed by atoms with van der Waals surface area (Å²) in [4.78, 5) is 39.8. The number of rotatable bonds is 3. The van der Waals surface area contributed by atoms with Crippen LogP contribution in [0.5, 0.6) is 0 Å². The van der Waals surface area contributed by atoms with Crippen LogP contribution >= 0.6 is 0 Å². The zero-order chi connectivity index (χ0) is 17.3. The fourth-order valence-corrected chi connectivity index (χ4v) is 3.27. The highest BCUT2D eigenvalue weighted by molar-refractivity contribution is 6.09. The summed E-state index contributed by atoms with van der Waals surface area (Å²) in [5.74, 6) is -1.43. The van der Waals surface area contributed by atoms with Crippen molar-refractivity contribution in [1.82, 2.24) is 15.1 Å². The number of benzene rings is 1. The number of hydrogen-bond donors (Lipinski definition) is 1. The van der Waals surface area contributed by atoms with E-state index >= 15 is 0 Å². The lowest BCUT2D eigenvalue weighted by Crippen LogP contribution is -2.46. The fraction of sp³-hybridized carbons (Fsp3) is 0.471. The van der Waals surface area contributed by atoms with Crippen LogP contribution in [0.3, 0.4) is 0 Å². The Bertz CT molecular complexity index is 687. The molecule has 2 aliphatic rings. The van der Waals surface area contributed by atoms with Crippen molar-refractivity contribution in [2.24, 2.45) is 0 Å². The van der Waals surface area contributed by atoms with Gasteiger partial charge in [0.25, 0.3) is 5.91 Å². The Morgan fingerprint density at radius 3 is 2.54 bits per heavy atom. The molecule has 0 bridgehead atoms. The van der Waals surface area contributed by atoms with E-state index in [1.54, 1.807) is 11.0 Å². The van der Waals surface area contributed by atoms with Crippen molar-refractivity contribution in [3.05, 3.63) is 35.6 Å². The van der Waals surface area contributed by atoms with E-state index in [0.29, 0.717) is 13.1 Å². The lowest BCUT2D eigenvalue weighted by molar-refractivity contribution is -0.139. The molecule has 0 unspecified atom stereocenters. The first-order valence-corrected chi connectivity index (χ1v) is 8.10. The maximum atomic E-state index is 14.1. The molecule has 0 aliphatic carbocycles. The lowest BCUT2D eigenvalue weighted by atomic mass is 9.91. The second-order valence-electron chi connectivity index (χ2n) is 6.37. The van der Waals surface area contributed by atoms with Gasteiger partial charge in [-0.25, -0.2) is 9.18 Å². The first-order valence-electron chi connectivity index (χ1n) is 8.10. The summed E-state index contributed by atoms with van der Waals surface area (Å²) in [6, 6.07) is 5.15. The third kappa shape index (κ3) is 2.74. The van der Waals surface area contributed by atoms with Gasteiger partial charge in [0.2, 0.25) is 5.91 Å². The molecule has 1 atom stereocenters. The van der Waals surface area contributed by atoms with Gasteiger partial charge in [0.15, 0.2) is 0 Å². The predicted octanol–water partition coefficient (Wildman–Crippen LogP) is 1.61. The summed E-state index contributed by atoms with van der Waals surface area (Å²) in [7, 11) is 0. The molecular weight excluding hydrogens is 313 g/mol. The standard InChI is InChI=1S/C17H20FN3O3/c1-17(12-7-3-4-8-13(12)18)15(23)21(16(24)19-17)11-14(22)20-9-5-2-6-10-20/h3-4,7-8H,2,5-6,9-11H2,1H3,(H,19,24)/t17-/m0/s1. The monoisotopic (exact) mass is 333 g/mol. The van der Waals surface area contributed by atoms with E-state index in [1.165, 1.54) is 25.1 Å². The summed E-state index contributed by atoms with van der Waals surface area (Å²) in [5, 5.41) is 2.52. The predicted molar refractivity (Wildman–Crippen MR) is 84.4 cm³/mol. The number of imide groups is 1. The topological polar surface area (TPSA) is 69.7 Å². The molecule has 2 heterocycles. The number of nitrogens with zero attached hydrogens (tertiary/aromatic N) is 2. The number of urea groups is 1. The van der Waals surface area contributed by atoms with Crippen LogP contribution in [0.1, 0.15) is 31.7 Å². The van der Waals surface area contributed by atoms with Crippen LogP contribution in [0.4, 0.5) is 9.18 Å². The van der Waals surface area contributed by atoms with E-state index in [2.05, 4.69) is 5.32 Å².